The van der Waals surface area contributed by atoms with E-state index in [-0.39, 0.29) is 6.10 Å². The third-order valence-electron chi connectivity index (χ3n) is 0.792. The van der Waals surface area contributed by atoms with Gasteiger partial charge in [0, 0.05) is 0 Å². The Kier molecular flexibility index (Phi) is 0.889. The summed E-state index contributed by atoms with van der Waals surface area (Å²) in [5.74, 6) is 0. The zero-order valence-electron chi connectivity index (χ0n) is 3.76. The number of hydrogen-bond acceptors (Lipinski definition) is 2. The van der Waals surface area contributed by atoms with Gasteiger partial charge in [-0.3, -0.25) is 0 Å². The van der Waals surface area contributed by atoms with Gasteiger partial charge in [-0.1, -0.05) is 0 Å². The van der Waals surface area contributed by atoms with E-state index in [1.165, 1.54) is 0 Å². The molecule has 0 aromatic heterocycles. The van der Waals surface area contributed by atoms with Crippen molar-refractivity contribution in [1.29, 1.82) is 0 Å². The van der Waals surface area contributed by atoms with Gasteiger partial charge >= 0.3 is 6.16 Å². The maximum Gasteiger partial charge on any atom is 0.506 e. The van der Waals surface area contributed by atoms with Gasteiger partial charge < -0.3 is 9.84 Å². The molecule has 0 aromatic rings. The van der Waals surface area contributed by atoms with Crippen LogP contribution in [0.25, 0.3) is 0 Å². The summed E-state index contributed by atoms with van der Waals surface area (Å²) in [6, 6.07) is 0. The Bertz CT molecular complexity index is 84.9. The topological polar surface area (TPSA) is 46.5 Å². The molecule has 3 heteroatoms. The second-order valence-electron chi connectivity index (χ2n) is 1.58. The normalized spacial score (nSPS) is 18.9. The van der Waals surface area contributed by atoms with Crippen LogP contribution in [-0.4, -0.2) is 17.4 Å². The number of carbonyl (C=O) groups is 1. The van der Waals surface area contributed by atoms with Gasteiger partial charge in [-0.2, -0.15) is 0 Å². The summed E-state index contributed by atoms with van der Waals surface area (Å²) in [7, 11) is 0. The van der Waals surface area contributed by atoms with Gasteiger partial charge in [0.1, 0.15) is 6.10 Å². The van der Waals surface area contributed by atoms with E-state index in [9.17, 15) is 4.79 Å². The van der Waals surface area contributed by atoms with E-state index in [1.54, 1.807) is 0 Å². The van der Waals surface area contributed by atoms with Gasteiger partial charge in [0.2, 0.25) is 0 Å². The van der Waals surface area contributed by atoms with Crippen molar-refractivity contribution in [3.05, 3.63) is 0 Å². The average molecular weight is 102 g/mol. The minimum atomic E-state index is -1.15. The van der Waals surface area contributed by atoms with E-state index in [1.807, 2.05) is 0 Å². The van der Waals surface area contributed by atoms with Crippen LogP contribution in [0.1, 0.15) is 12.8 Å². The van der Waals surface area contributed by atoms with Gasteiger partial charge in [-0.05, 0) is 12.8 Å². The molecule has 1 aliphatic carbocycles. The Morgan fingerprint density at radius 3 is 2.43 bits per heavy atom. The third kappa shape index (κ3) is 1.43. The van der Waals surface area contributed by atoms with Crippen LogP contribution in [0.3, 0.4) is 0 Å². The molecule has 0 amide bonds. The van der Waals surface area contributed by atoms with Crippen molar-refractivity contribution in [3.8, 4) is 0 Å². The SMILES string of the molecule is O=C(O)OC1CC1. The molecule has 0 aromatic carbocycles. The zero-order valence-corrected chi connectivity index (χ0v) is 3.76. The zero-order chi connectivity index (χ0) is 5.28. The molecule has 0 atom stereocenters. The highest BCUT2D eigenvalue weighted by molar-refractivity contribution is 5.57. The van der Waals surface area contributed by atoms with Gasteiger partial charge in [0.25, 0.3) is 0 Å². The molecule has 0 saturated heterocycles. The molecule has 1 aliphatic rings. The molecule has 0 bridgehead atoms. The summed E-state index contributed by atoms with van der Waals surface area (Å²) in [4.78, 5) is 9.63. The van der Waals surface area contributed by atoms with Crippen LogP contribution in [0.2, 0.25) is 0 Å². The summed E-state index contributed by atoms with van der Waals surface area (Å²) in [5.41, 5.74) is 0. The van der Waals surface area contributed by atoms with Crippen molar-refractivity contribution in [2.24, 2.45) is 0 Å². The maximum atomic E-state index is 9.63. The van der Waals surface area contributed by atoms with Crippen LogP contribution in [0.5, 0.6) is 0 Å². The van der Waals surface area contributed by atoms with E-state index >= 15 is 0 Å². The third-order valence-corrected chi connectivity index (χ3v) is 0.792. The largest absolute Gasteiger partial charge is 0.506 e. The minimum absolute atomic E-state index is 0.0255. The minimum Gasteiger partial charge on any atom is -0.450 e. The summed E-state index contributed by atoms with van der Waals surface area (Å²) in [5, 5.41) is 7.90. The Hall–Kier alpha value is -0.730. The molecule has 1 fully saturated rings. The predicted molar refractivity (Wildman–Crippen MR) is 22.1 cm³/mol. The van der Waals surface area contributed by atoms with E-state index < -0.39 is 6.16 Å². The Labute approximate surface area is 40.9 Å². The molecule has 1 rings (SSSR count). The molecular weight excluding hydrogens is 96.0 g/mol. The van der Waals surface area contributed by atoms with E-state index in [4.69, 9.17) is 5.11 Å². The van der Waals surface area contributed by atoms with Crippen molar-refractivity contribution >= 4 is 6.16 Å². The highest BCUT2D eigenvalue weighted by atomic mass is 16.7. The first-order valence-electron chi connectivity index (χ1n) is 2.18. The standard InChI is InChI=1S/C4H6O3/c5-4(6)7-3-1-2-3/h3H,1-2H2,(H,5,6). The molecule has 0 unspecified atom stereocenters. The first kappa shape index (κ1) is 4.43. The highest BCUT2D eigenvalue weighted by Gasteiger charge is 2.25. The van der Waals surface area contributed by atoms with Gasteiger partial charge in [0.05, 0.1) is 0 Å². The molecule has 0 heterocycles. The molecule has 40 valence electrons. The van der Waals surface area contributed by atoms with Crippen LogP contribution in [0.4, 0.5) is 4.79 Å². The van der Waals surface area contributed by atoms with Crippen molar-refractivity contribution in [2.45, 2.75) is 18.9 Å². The monoisotopic (exact) mass is 102 g/mol. The van der Waals surface area contributed by atoms with Gasteiger partial charge in [0.15, 0.2) is 0 Å². The first-order chi connectivity index (χ1) is 3.29. The van der Waals surface area contributed by atoms with Gasteiger partial charge in [-0.15, -0.1) is 0 Å². The average Bonchev–Trinajstić information content (AvgIpc) is 2.17. The van der Waals surface area contributed by atoms with Crippen LogP contribution in [0, 0.1) is 0 Å². The summed E-state index contributed by atoms with van der Waals surface area (Å²) in [6.07, 6.45) is 0.693. The van der Waals surface area contributed by atoms with Crippen LogP contribution in [-0.2, 0) is 4.74 Å². The highest BCUT2D eigenvalue weighted by Crippen LogP contribution is 2.22. The molecule has 7 heavy (non-hydrogen) atoms. The molecule has 1 saturated carbocycles. The Balaban J connectivity index is 2.08. The Morgan fingerprint density at radius 1 is 1.71 bits per heavy atom. The van der Waals surface area contributed by atoms with Crippen LogP contribution in [0.15, 0.2) is 0 Å². The lowest BCUT2D eigenvalue weighted by atomic mass is 10.8. The lowest BCUT2D eigenvalue weighted by Gasteiger charge is -1.90. The van der Waals surface area contributed by atoms with Gasteiger partial charge in [-0.25, -0.2) is 4.79 Å². The molecule has 0 aliphatic heterocycles. The fourth-order valence-electron chi connectivity index (χ4n) is 0.328. The number of ether oxygens (including phenoxy) is 1. The Morgan fingerprint density at radius 2 is 2.29 bits per heavy atom. The number of hydrogen-bond donors (Lipinski definition) is 1. The van der Waals surface area contributed by atoms with Crippen LogP contribution < -0.4 is 0 Å². The smallest absolute Gasteiger partial charge is 0.450 e. The number of rotatable bonds is 1. The molecule has 0 radical (unpaired) electrons. The van der Waals surface area contributed by atoms with E-state index in [0.29, 0.717) is 0 Å². The summed E-state index contributed by atoms with van der Waals surface area (Å²) < 4.78 is 4.28. The summed E-state index contributed by atoms with van der Waals surface area (Å²) >= 11 is 0. The molecule has 0 spiro atoms. The van der Waals surface area contributed by atoms with Crippen molar-refractivity contribution in [2.75, 3.05) is 0 Å². The van der Waals surface area contributed by atoms with Crippen LogP contribution >= 0.6 is 0 Å². The lowest BCUT2D eigenvalue weighted by Crippen LogP contribution is -2.00. The van der Waals surface area contributed by atoms with Crippen molar-refractivity contribution in [3.63, 3.8) is 0 Å². The van der Waals surface area contributed by atoms with E-state index in [2.05, 4.69) is 4.74 Å². The quantitative estimate of drug-likeness (QED) is 0.499. The fraction of sp³-hybridized carbons (Fsp3) is 0.750. The summed E-state index contributed by atoms with van der Waals surface area (Å²) in [6.45, 7) is 0. The fourth-order valence-corrected chi connectivity index (χ4v) is 0.328. The second kappa shape index (κ2) is 1.40. The number of carboxylic acid groups (broad SMARTS) is 1. The predicted octanol–water partition coefficient (Wildman–Crippen LogP) is 0.843. The molecule has 1 N–H and O–H groups in total. The van der Waals surface area contributed by atoms with E-state index in [0.717, 1.165) is 12.8 Å². The maximum absolute atomic E-state index is 9.63. The second-order valence-corrected chi connectivity index (χ2v) is 1.58. The first-order valence-corrected chi connectivity index (χ1v) is 2.18. The van der Waals surface area contributed by atoms with Crippen molar-refractivity contribution in [1.82, 2.24) is 0 Å². The lowest BCUT2D eigenvalue weighted by molar-refractivity contribution is 0.0851. The molecular formula is C4H6O3. The van der Waals surface area contributed by atoms with Crippen molar-refractivity contribution < 1.29 is 14.6 Å². The molecule has 3 nitrogen and oxygen atoms in total.